The quantitative estimate of drug-likeness (QED) is 0.508. The van der Waals surface area contributed by atoms with Crippen LogP contribution in [0.25, 0.3) is 0 Å². The van der Waals surface area contributed by atoms with Crippen molar-refractivity contribution in [1.82, 2.24) is 5.32 Å². The number of hydrogen-bond donors (Lipinski definition) is 1. The number of carbonyl (C=O) groups is 1. The number of likely N-dealkylation sites (N-methyl/N-ethyl adjacent to an activating group) is 1. The Kier molecular flexibility index (Phi) is 6.65. The van der Waals surface area contributed by atoms with Crippen molar-refractivity contribution in [2.24, 2.45) is 5.92 Å². The van der Waals surface area contributed by atoms with Gasteiger partial charge in [0.25, 0.3) is 0 Å². The molecule has 1 rings (SSSR count). The van der Waals surface area contributed by atoms with E-state index in [-0.39, 0.29) is 5.97 Å². The van der Waals surface area contributed by atoms with Crippen LogP contribution in [-0.2, 0) is 14.3 Å². The first-order valence-electron chi connectivity index (χ1n) is 7.03. The van der Waals surface area contributed by atoms with Crippen LogP contribution in [0.4, 0.5) is 0 Å². The monoisotopic (exact) mass is 257 g/mol. The zero-order valence-electron chi connectivity index (χ0n) is 12.0. The molecule has 18 heavy (non-hydrogen) atoms. The van der Waals surface area contributed by atoms with Crippen LogP contribution < -0.4 is 5.32 Å². The fourth-order valence-electron chi connectivity index (χ4n) is 2.29. The molecular formula is C14H27NO3. The Morgan fingerprint density at radius 1 is 1.39 bits per heavy atom. The third kappa shape index (κ3) is 4.58. The summed E-state index contributed by atoms with van der Waals surface area (Å²) in [5.41, 5.74) is -0.625. The molecule has 106 valence electrons. The number of ether oxygens (including phenoxy) is 2. The lowest BCUT2D eigenvalue weighted by molar-refractivity contribution is -0.148. The Labute approximate surface area is 110 Å². The second-order valence-electron chi connectivity index (χ2n) is 5.30. The highest BCUT2D eigenvalue weighted by Crippen LogP contribution is 2.29. The molecule has 1 unspecified atom stereocenters. The molecule has 1 atom stereocenters. The second kappa shape index (κ2) is 7.74. The fourth-order valence-corrected chi connectivity index (χ4v) is 2.29. The van der Waals surface area contributed by atoms with Gasteiger partial charge in [-0.05, 0) is 32.2 Å². The standard InChI is InChI=1S/C14H27NO3/c1-4-15-14(2,13(16)17-3)9-11-18-10-8-12-6-5-7-12/h12,15H,4-11H2,1-3H3. The van der Waals surface area contributed by atoms with Gasteiger partial charge in [0.15, 0.2) is 0 Å². The highest BCUT2D eigenvalue weighted by atomic mass is 16.5. The van der Waals surface area contributed by atoms with Gasteiger partial charge >= 0.3 is 5.97 Å². The van der Waals surface area contributed by atoms with E-state index in [0.29, 0.717) is 13.0 Å². The average molecular weight is 257 g/mol. The molecule has 0 aromatic carbocycles. The summed E-state index contributed by atoms with van der Waals surface area (Å²) in [4.78, 5) is 11.7. The zero-order chi connectivity index (χ0) is 13.4. The molecule has 1 N–H and O–H groups in total. The minimum absolute atomic E-state index is 0.216. The van der Waals surface area contributed by atoms with Gasteiger partial charge in [-0.2, -0.15) is 0 Å². The highest BCUT2D eigenvalue weighted by molar-refractivity contribution is 5.80. The molecule has 4 heteroatoms. The largest absolute Gasteiger partial charge is 0.468 e. The Hall–Kier alpha value is -0.610. The number of hydrogen-bond acceptors (Lipinski definition) is 4. The van der Waals surface area contributed by atoms with Gasteiger partial charge in [0, 0.05) is 13.2 Å². The average Bonchev–Trinajstić information content (AvgIpc) is 2.30. The van der Waals surface area contributed by atoms with E-state index in [1.54, 1.807) is 0 Å². The molecular weight excluding hydrogens is 230 g/mol. The number of methoxy groups -OCH3 is 1. The molecule has 0 bridgehead atoms. The summed E-state index contributed by atoms with van der Waals surface area (Å²) in [6.45, 7) is 6.02. The van der Waals surface area contributed by atoms with Gasteiger partial charge < -0.3 is 14.8 Å². The minimum Gasteiger partial charge on any atom is -0.468 e. The third-order valence-electron chi connectivity index (χ3n) is 3.84. The summed E-state index contributed by atoms with van der Waals surface area (Å²) in [6, 6.07) is 0. The van der Waals surface area contributed by atoms with Crippen LogP contribution in [0, 0.1) is 5.92 Å². The first kappa shape index (κ1) is 15.4. The molecule has 0 aromatic rings. The predicted molar refractivity (Wildman–Crippen MR) is 71.5 cm³/mol. The van der Waals surface area contributed by atoms with Crippen LogP contribution in [0.3, 0.4) is 0 Å². The van der Waals surface area contributed by atoms with Gasteiger partial charge in [-0.3, -0.25) is 4.79 Å². The minimum atomic E-state index is -0.625. The number of carbonyl (C=O) groups excluding carboxylic acids is 1. The van der Waals surface area contributed by atoms with Gasteiger partial charge in [-0.1, -0.05) is 26.2 Å². The van der Waals surface area contributed by atoms with Crippen LogP contribution in [0.1, 0.15) is 46.0 Å². The van der Waals surface area contributed by atoms with Crippen molar-refractivity contribution < 1.29 is 14.3 Å². The van der Waals surface area contributed by atoms with E-state index in [1.807, 2.05) is 13.8 Å². The van der Waals surface area contributed by atoms with Crippen LogP contribution in [0.2, 0.25) is 0 Å². The van der Waals surface area contributed by atoms with Gasteiger partial charge in [-0.15, -0.1) is 0 Å². The van der Waals surface area contributed by atoms with Gasteiger partial charge in [-0.25, -0.2) is 0 Å². The zero-order valence-corrected chi connectivity index (χ0v) is 12.0. The van der Waals surface area contributed by atoms with E-state index >= 15 is 0 Å². The Morgan fingerprint density at radius 3 is 2.61 bits per heavy atom. The van der Waals surface area contributed by atoms with Crippen molar-refractivity contribution in [3.63, 3.8) is 0 Å². The van der Waals surface area contributed by atoms with Gasteiger partial charge in [0.05, 0.1) is 7.11 Å². The molecule has 0 amide bonds. The lowest BCUT2D eigenvalue weighted by Crippen LogP contribution is -2.50. The normalized spacial score (nSPS) is 19.1. The first-order chi connectivity index (χ1) is 8.62. The molecule has 1 aliphatic rings. The highest BCUT2D eigenvalue weighted by Gasteiger charge is 2.32. The summed E-state index contributed by atoms with van der Waals surface area (Å²) >= 11 is 0. The SMILES string of the molecule is CCNC(C)(CCOCCC1CCC1)C(=O)OC. The van der Waals surface area contributed by atoms with Crippen molar-refractivity contribution in [3.8, 4) is 0 Å². The second-order valence-corrected chi connectivity index (χ2v) is 5.30. The molecule has 0 aromatic heterocycles. The molecule has 0 aliphatic heterocycles. The lowest BCUT2D eigenvalue weighted by atomic mass is 9.83. The van der Waals surface area contributed by atoms with Crippen LogP contribution in [0.15, 0.2) is 0 Å². The summed E-state index contributed by atoms with van der Waals surface area (Å²) in [5, 5.41) is 3.18. The first-order valence-corrected chi connectivity index (χ1v) is 7.03. The van der Waals surface area contributed by atoms with Gasteiger partial charge in [0.1, 0.15) is 5.54 Å². The smallest absolute Gasteiger partial charge is 0.325 e. The topological polar surface area (TPSA) is 47.6 Å². The molecule has 0 heterocycles. The van der Waals surface area contributed by atoms with Crippen molar-refractivity contribution in [1.29, 1.82) is 0 Å². The van der Waals surface area contributed by atoms with E-state index in [2.05, 4.69) is 5.32 Å². The number of esters is 1. The molecule has 0 saturated heterocycles. The van der Waals surface area contributed by atoms with Crippen molar-refractivity contribution in [2.75, 3.05) is 26.9 Å². The number of nitrogens with one attached hydrogen (secondary N) is 1. The predicted octanol–water partition coefficient (Wildman–Crippen LogP) is 2.12. The third-order valence-corrected chi connectivity index (χ3v) is 3.84. The van der Waals surface area contributed by atoms with E-state index in [0.717, 1.165) is 25.5 Å². The van der Waals surface area contributed by atoms with Crippen molar-refractivity contribution >= 4 is 5.97 Å². The van der Waals surface area contributed by atoms with Crippen LogP contribution in [0.5, 0.6) is 0 Å². The molecule has 0 radical (unpaired) electrons. The lowest BCUT2D eigenvalue weighted by Gasteiger charge is -2.28. The molecule has 4 nitrogen and oxygen atoms in total. The van der Waals surface area contributed by atoms with Gasteiger partial charge in [0.2, 0.25) is 0 Å². The number of rotatable bonds is 9. The van der Waals surface area contributed by atoms with Crippen molar-refractivity contribution in [3.05, 3.63) is 0 Å². The maximum atomic E-state index is 11.7. The summed E-state index contributed by atoms with van der Waals surface area (Å²) in [7, 11) is 1.43. The fraction of sp³-hybridized carbons (Fsp3) is 0.929. The maximum Gasteiger partial charge on any atom is 0.325 e. The molecule has 0 spiro atoms. The Morgan fingerprint density at radius 2 is 2.11 bits per heavy atom. The van der Waals surface area contributed by atoms with Crippen LogP contribution >= 0.6 is 0 Å². The van der Waals surface area contributed by atoms with E-state index < -0.39 is 5.54 Å². The van der Waals surface area contributed by atoms with Crippen molar-refractivity contribution in [2.45, 2.75) is 51.5 Å². The molecule has 1 saturated carbocycles. The summed E-state index contributed by atoms with van der Waals surface area (Å²) in [6.07, 6.45) is 5.92. The molecule has 1 fully saturated rings. The Balaban J connectivity index is 2.17. The van der Waals surface area contributed by atoms with Crippen LogP contribution in [-0.4, -0.2) is 38.4 Å². The molecule has 1 aliphatic carbocycles. The Bertz CT molecular complexity index is 253. The maximum absolute atomic E-state index is 11.7. The summed E-state index contributed by atoms with van der Waals surface area (Å²) < 4.78 is 10.5. The van der Waals surface area contributed by atoms with E-state index in [9.17, 15) is 4.79 Å². The summed E-state index contributed by atoms with van der Waals surface area (Å²) in [5.74, 6) is 0.665. The van der Waals surface area contributed by atoms with E-state index in [1.165, 1.54) is 26.4 Å². The van der Waals surface area contributed by atoms with E-state index in [4.69, 9.17) is 9.47 Å².